The van der Waals surface area contributed by atoms with Gasteiger partial charge in [0, 0.05) is 0 Å². The molecule has 0 aliphatic heterocycles. The summed E-state index contributed by atoms with van der Waals surface area (Å²) in [5.74, 6) is -1.45. The lowest BCUT2D eigenvalue weighted by Crippen LogP contribution is -2.43. The molecule has 4 nitrogen and oxygen atoms in total. The van der Waals surface area contributed by atoms with Crippen molar-refractivity contribution in [3.63, 3.8) is 0 Å². The molecule has 2 aliphatic rings. The Hall–Kier alpha value is -1.06. The number of carboxylic acid groups (broad SMARTS) is 1. The van der Waals surface area contributed by atoms with Crippen molar-refractivity contribution < 1.29 is 19.4 Å². The van der Waals surface area contributed by atoms with E-state index >= 15 is 0 Å². The lowest BCUT2D eigenvalue weighted by Gasteiger charge is -2.41. The van der Waals surface area contributed by atoms with Crippen LogP contribution in [0.15, 0.2) is 0 Å². The Morgan fingerprint density at radius 3 is 2.21 bits per heavy atom. The summed E-state index contributed by atoms with van der Waals surface area (Å²) >= 11 is 0. The van der Waals surface area contributed by atoms with Gasteiger partial charge in [-0.25, -0.2) is 0 Å². The highest BCUT2D eigenvalue weighted by atomic mass is 16.6. The molecule has 162 valence electrons. The van der Waals surface area contributed by atoms with Gasteiger partial charge >= 0.3 is 11.9 Å². The van der Waals surface area contributed by atoms with Crippen LogP contribution >= 0.6 is 0 Å². The van der Waals surface area contributed by atoms with Crippen LogP contribution in [-0.2, 0) is 14.3 Å². The SMILES string of the molecule is CCCCCC(CCC)CC1(OC(=O)C2CCCCC2C(=O)O)CCCCC1. The van der Waals surface area contributed by atoms with Crippen LogP contribution in [0.25, 0.3) is 0 Å². The number of aliphatic carboxylic acids is 1. The van der Waals surface area contributed by atoms with E-state index in [4.69, 9.17) is 4.74 Å². The highest BCUT2D eigenvalue weighted by Gasteiger charge is 2.43. The van der Waals surface area contributed by atoms with Crippen LogP contribution in [-0.4, -0.2) is 22.6 Å². The first-order valence-electron chi connectivity index (χ1n) is 12.0. The third-order valence-corrected chi connectivity index (χ3v) is 7.04. The molecule has 3 unspecified atom stereocenters. The predicted molar refractivity (Wildman–Crippen MR) is 112 cm³/mol. The quantitative estimate of drug-likeness (QED) is 0.320. The zero-order chi connectivity index (χ0) is 20.4. The topological polar surface area (TPSA) is 63.6 Å². The van der Waals surface area contributed by atoms with Gasteiger partial charge in [0.05, 0.1) is 11.8 Å². The Bertz CT molecular complexity index is 481. The van der Waals surface area contributed by atoms with Gasteiger partial charge in [-0.1, -0.05) is 71.6 Å². The molecule has 0 aromatic rings. The molecule has 28 heavy (non-hydrogen) atoms. The van der Waals surface area contributed by atoms with Crippen molar-refractivity contribution in [2.45, 2.75) is 122 Å². The normalized spacial score (nSPS) is 25.8. The number of ether oxygens (including phenoxy) is 1. The van der Waals surface area contributed by atoms with E-state index in [2.05, 4.69) is 13.8 Å². The summed E-state index contributed by atoms with van der Waals surface area (Å²) in [7, 11) is 0. The minimum atomic E-state index is -0.831. The van der Waals surface area contributed by atoms with Gasteiger partial charge in [0.1, 0.15) is 5.60 Å². The maximum atomic E-state index is 13.1. The number of rotatable bonds is 11. The first kappa shape index (κ1) is 23.2. The Balaban J connectivity index is 2.07. The summed E-state index contributed by atoms with van der Waals surface area (Å²) in [5.41, 5.74) is -0.345. The van der Waals surface area contributed by atoms with Gasteiger partial charge in [-0.15, -0.1) is 0 Å². The molecule has 1 N–H and O–H groups in total. The summed E-state index contributed by atoms with van der Waals surface area (Å²) in [6.07, 6.45) is 16.8. The Morgan fingerprint density at radius 2 is 1.61 bits per heavy atom. The lowest BCUT2D eigenvalue weighted by molar-refractivity contribution is -0.177. The molecule has 4 heteroatoms. The second-order valence-corrected chi connectivity index (χ2v) is 9.36. The lowest BCUT2D eigenvalue weighted by atomic mass is 9.75. The summed E-state index contributed by atoms with van der Waals surface area (Å²) in [6.45, 7) is 4.48. The van der Waals surface area contributed by atoms with E-state index in [0.29, 0.717) is 18.8 Å². The molecule has 0 aromatic heterocycles. The summed E-state index contributed by atoms with van der Waals surface area (Å²) in [6, 6.07) is 0. The van der Waals surface area contributed by atoms with Gasteiger partial charge in [0.25, 0.3) is 0 Å². The van der Waals surface area contributed by atoms with Gasteiger partial charge in [0.2, 0.25) is 0 Å². The molecule has 0 aromatic carbocycles. The van der Waals surface area contributed by atoms with E-state index in [1.54, 1.807) is 0 Å². The van der Waals surface area contributed by atoms with E-state index in [1.165, 1.54) is 44.9 Å². The van der Waals surface area contributed by atoms with Crippen LogP contribution in [0.1, 0.15) is 117 Å². The highest BCUT2D eigenvalue weighted by Crippen LogP contribution is 2.41. The summed E-state index contributed by atoms with van der Waals surface area (Å²) in [4.78, 5) is 24.7. The molecule has 0 heterocycles. The molecule has 0 amide bonds. The van der Waals surface area contributed by atoms with Crippen LogP contribution in [0.3, 0.4) is 0 Å². The van der Waals surface area contributed by atoms with Crippen LogP contribution in [0.2, 0.25) is 0 Å². The zero-order valence-electron chi connectivity index (χ0n) is 18.2. The standard InChI is InChI=1S/C24H42O4/c1-3-5-7-13-19(12-4-2)18-24(16-10-6-11-17-24)28-23(27)21-15-9-8-14-20(21)22(25)26/h19-21H,3-18H2,1-2H3,(H,25,26). The van der Waals surface area contributed by atoms with Crippen molar-refractivity contribution in [1.82, 2.24) is 0 Å². The predicted octanol–water partition coefficient (Wildman–Crippen LogP) is 6.51. The highest BCUT2D eigenvalue weighted by molar-refractivity contribution is 5.81. The minimum absolute atomic E-state index is 0.224. The van der Waals surface area contributed by atoms with Crippen molar-refractivity contribution in [2.75, 3.05) is 0 Å². The molecule has 2 aliphatic carbocycles. The van der Waals surface area contributed by atoms with Gasteiger partial charge < -0.3 is 9.84 Å². The molecule has 0 bridgehead atoms. The zero-order valence-corrected chi connectivity index (χ0v) is 18.2. The molecule has 2 fully saturated rings. The second kappa shape index (κ2) is 11.8. The van der Waals surface area contributed by atoms with Gasteiger partial charge in [0.15, 0.2) is 0 Å². The molecule has 0 saturated heterocycles. The van der Waals surface area contributed by atoms with E-state index in [9.17, 15) is 14.7 Å². The van der Waals surface area contributed by atoms with Gasteiger partial charge in [-0.2, -0.15) is 0 Å². The van der Waals surface area contributed by atoms with E-state index in [0.717, 1.165) is 44.9 Å². The second-order valence-electron chi connectivity index (χ2n) is 9.36. The minimum Gasteiger partial charge on any atom is -0.481 e. The monoisotopic (exact) mass is 394 g/mol. The van der Waals surface area contributed by atoms with Crippen LogP contribution in [0.4, 0.5) is 0 Å². The van der Waals surface area contributed by atoms with Crippen molar-refractivity contribution in [2.24, 2.45) is 17.8 Å². The number of hydrogen-bond acceptors (Lipinski definition) is 3. The van der Waals surface area contributed by atoms with Crippen LogP contribution in [0.5, 0.6) is 0 Å². The number of esters is 1. The molecule has 2 saturated carbocycles. The molecule has 2 rings (SSSR count). The number of unbranched alkanes of at least 4 members (excludes halogenated alkanes) is 2. The molecule has 3 atom stereocenters. The first-order valence-corrected chi connectivity index (χ1v) is 12.0. The van der Waals surface area contributed by atoms with Crippen LogP contribution < -0.4 is 0 Å². The Morgan fingerprint density at radius 1 is 0.929 bits per heavy atom. The fraction of sp³-hybridized carbons (Fsp3) is 0.917. The molecular weight excluding hydrogens is 352 g/mol. The van der Waals surface area contributed by atoms with E-state index in [-0.39, 0.29) is 11.6 Å². The van der Waals surface area contributed by atoms with Crippen molar-refractivity contribution >= 4 is 11.9 Å². The summed E-state index contributed by atoms with van der Waals surface area (Å²) in [5, 5.41) is 9.56. The van der Waals surface area contributed by atoms with Crippen molar-refractivity contribution in [1.29, 1.82) is 0 Å². The van der Waals surface area contributed by atoms with Crippen LogP contribution in [0, 0.1) is 17.8 Å². The van der Waals surface area contributed by atoms with E-state index < -0.39 is 17.8 Å². The smallest absolute Gasteiger partial charge is 0.310 e. The number of carbonyl (C=O) groups excluding carboxylic acids is 1. The largest absolute Gasteiger partial charge is 0.481 e. The maximum absolute atomic E-state index is 13.1. The first-order chi connectivity index (χ1) is 13.5. The average Bonchev–Trinajstić information content (AvgIpc) is 2.69. The average molecular weight is 395 g/mol. The third-order valence-electron chi connectivity index (χ3n) is 7.04. The molecular formula is C24H42O4. The fourth-order valence-electron chi connectivity index (χ4n) is 5.51. The van der Waals surface area contributed by atoms with Gasteiger partial charge in [-0.05, 0) is 50.9 Å². The molecule has 0 radical (unpaired) electrons. The molecule has 0 spiro atoms. The van der Waals surface area contributed by atoms with Crippen molar-refractivity contribution in [3.8, 4) is 0 Å². The third kappa shape index (κ3) is 6.77. The Kier molecular flexibility index (Phi) is 9.81. The maximum Gasteiger partial charge on any atom is 0.310 e. The van der Waals surface area contributed by atoms with E-state index in [1.807, 2.05) is 0 Å². The number of carbonyl (C=O) groups is 2. The summed E-state index contributed by atoms with van der Waals surface area (Å²) < 4.78 is 6.28. The Labute approximate surface area is 171 Å². The van der Waals surface area contributed by atoms with Crippen molar-refractivity contribution in [3.05, 3.63) is 0 Å². The van der Waals surface area contributed by atoms with Gasteiger partial charge in [-0.3, -0.25) is 9.59 Å². The number of hydrogen-bond donors (Lipinski definition) is 1. The number of carboxylic acids is 1. The fourth-order valence-corrected chi connectivity index (χ4v) is 5.51.